The molecule has 0 aromatic heterocycles. The quantitative estimate of drug-likeness (QED) is 0.828. The van der Waals surface area contributed by atoms with Gasteiger partial charge in [0.05, 0.1) is 6.54 Å². The molecule has 2 N–H and O–H groups in total. The van der Waals surface area contributed by atoms with Gasteiger partial charge in [0.25, 0.3) is 0 Å². The third-order valence-corrected chi connectivity index (χ3v) is 2.22. The molecule has 0 aliphatic rings. The van der Waals surface area contributed by atoms with Gasteiger partial charge < -0.3 is 10.4 Å². The average molecular weight is 240 g/mol. The minimum atomic E-state index is -0.106. The standard InChI is InChI=1S/C12H14ClNO2/c1-9(13)8-14-12(16)7-6-10-4-2-3-5-11(10)15/h2-5,15H,1,6-8H2,(H,14,16). The van der Waals surface area contributed by atoms with E-state index in [1.165, 1.54) is 0 Å². The largest absolute Gasteiger partial charge is 0.508 e. The second-order valence-corrected chi connectivity index (χ2v) is 3.96. The van der Waals surface area contributed by atoms with Gasteiger partial charge in [-0.25, -0.2) is 0 Å². The number of rotatable bonds is 5. The summed E-state index contributed by atoms with van der Waals surface area (Å²) in [5.41, 5.74) is 0.766. The number of carbonyl (C=O) groups is 1. The Kier molecular flexibility index (Phi) is 4.86. The minimum Gasteiger partial charge on any atom is -0.508 e. The smallest absolute Gasteiger partial charge is 0.220 e. The van der Waals surface area contributed by atoms with Crippen molar-refractivity contribution in [3.63, 3.8) is 0 Å². The number of halogens is 1. The number of para-hydroxylation sites is 1. The first-order chi connectivity index (χ1) is 7.59. The Morgan fingerprint density at radius 3 is 2.75 bits per heavy atom. The minimum absolute atomic E-state index is 0.106. The Balaban J connectivity index is 2.37. The molecular formula is C12H14ClNO2. The Hall–Kier alpha value is -1.48. The summed E-state index contributed by atoms with van der Waals surface area (Å²) in [6.45, 7) is 3.75. The van der Waals surface area contributed by atoms with Crippen molar-refractivity contribution in [1.82, 2.24) is 5.32 Å². The fourth-order valence-corrected chi connectivity index (χ4v) is 1.32. The van der Waals surface area contributed by atoms with Gasteiger partial charge in [0.15, 0.2) is 0 Å². The molecule has 0 unspecified atom stereocenters. The highest BCUT2D eigenvalue weighted by atomic mass is 35.5. The van der Waals surface area contributed by atoms with Crippen molar-refractivity contribution in [2.45, 2.75) is 12.8 Å². The van der Waals surface area contributed by atoms with Crippen LogP contribution in [0, 0.1) is 0 Å². The second-order valence-electron chi connectivity index (χ2n) is 3.42. The average Bonchev–Trinajstić information content (AvgIpc) is 2.25. The maximum absolute atomic E-state index is 11.3. The molecule has 0 aliphatic carbocycles. The molecule has 0 fully saturated rings. The van der Waals surface area contributed by atoms with Crippen molar-refractivity contribution < 1.29 is 9.90 Å². The summed E-state index contributed by atoms with van der Waals surface area (Å²) >= 11 is 5.52. The zero-order valence-electron chi connectivity index (χ0n) is 8.87. The van der Waals surface area contributed by atoms with Crippen LogP contribution in [0.3, 0.4) is 0 Å². The van der Waals surface area contributed by atoms with Crippen molar-refractivity contribution in [1.29, 1.82) is 0 Å². The fourth-order valence-electron chi connectivity index (χ4n) is 1.25. The van der Waals surface area contributed by atoms with Crippen LogP contribution in [0.2, 0.25) is 0 Å². The van der Waals surface area contributed by atoms with E-state index in [-0.39, 0.29) is 18.2 Å². The van der Waals surface area contributed by atoms with E-state index in [4.69, 9.17) is 11.6 Å². The molecule has 86 valence electrons. The Bertz CT molecular complexity index is 390. The van der Waals surface area contributed by atoms with Crippen LogP contribution in [-0.4, -0.2) is 17.6 Å². The van der Waals surface area contributed by atoms with Gasteiger partial charge in [-0.1, -0.05) is 36.4 Å². The summed E-state index contributed by atoms with van der Waals surface area (Å²) in [5, 5.41) is 12.5. The van der Waals surface area contributed by atoms with Crippen molar-refractivity contribution in [3.05, 3.63) is 41.4 Å². The summed E-state index contributed by atoms with van der Waals surface area (Å²) in [5.74, 6) is 0.113. The second kappa shape index (κ2) is 6.18. The number of aromatic hydroxyl groups is 1. The zero-order valence-corrected chi connectivity index (χ0v) is 9.63. The van der Waals surface area contributed by atoms with Gasteiger partial charge in [0, 0.05) is 11.5 Å². The maximum Gasteiger partial charge on any atom is 0.220 e. The molecule has 1 aromatic carbocycles. The topological polar surface area (TPSA) is 49.3 Å². The number of benzene rings is 1. The number of phenols is 1. The van der Waals surface area contributed by atoms with Gasteiger partial charge in [0.2, 0.25) is 5.91 Å². The molecule has 0 bridgehead atoms. The SMILES string of the molecule is C=C(Cl)CNC(=O)CCc1ccccc1O. The lowest BCUT2D eigenvalue weighted by Gasteiger charge is -2.05. The molecule has 1 amide bonds. The van der Waals surface area contributed by atoms with Crippen LogP contribution >= 0.6 is 11.6 Å². The van der Waals surface area contributed by atoms with Gasteiger partial charge in [-0.2, -0.15) is 0 Å². The van der Waals surface area contributed by atoms with Crippen molar-refractivity contribution >= 4 is 17.5 Å². The first kappa shape index (κ1) is 12.6. The summed E-state index contributed by atoms with van der Waals surface area (Å²) in [7, 11) is 0. The number of nitrogens with one attached hydrogen (secondary N) is 1. The van der Waals surface area contributed by atoms with Crippen LogP contribution < -0.4 is 5.32 Å². The zero-order chi connectivity index (χ0) is 12.0. The lowest BCUT2D eigenvalue weighted by atomic mass is 10.1. The van der Waals surface area contributed by atoms with Gasteiger partial charge >= 0.3 is 0 Å². The predicted molar refractivity (Wildman–Crippen MR) is 64.4 cm³/mol. The molecule has 0 heterocycles. The van der Waals surface area contributed by atoms with E-state index in [0.29, 0.717) is 17.9 Å². The first-order valence-corrected chi connectivity index (χ1v) is 5.34. The van der Waals surface area contributed by atoms with E-state index in [1.54, 1.807) is 18.2 Å². The highest BCUT2D eigenvalue weighted by Crippen LogP contribution is 2.16. The number of hydrogen-bond donors (Lipinski definition) is 2. The summed E-state index contributed by atoms with van der Waals surface area (Å²) in [6.07, 6.45) is 0.828. The number of phenolic OH excluding ortho intramolecular Hbond substituents is 1. The molecule has 0 saturated carbocycles. The van der Waals surface area contributed by atoms with E-state index < -0.39 is 0 Å². The highest BCUT2D eigenvalue weighted by molar-refractivity contribution is 6.29. The Labute approximate surface area is 99.7 Å². The molecule has 0 radical (unpaired) electrons. The van der Waals surface area contributed by atoms with Gasteiger partial charge in [-0.3, -0.25) is 4.79 Å². The van der Waals surface area contributed by atoms with Crippen molar-refractivity contribution in [2.75, 3.05) is 6.54 Å². The lowest BCUT2D eigenvalue weighted by Crippen LogP contribution is -2.24. The number of amides is 1. The first-order valence-electron chi connectivity index (χ1n) is 4.96. The van der Waals surface area contributed by atoms with E-state index in [2.05, 4.69) is 11.9 Å². The molecule has 4 heteroatoms. The van der Waals surface area contributed by atoms with E-state index >= 15 is 0 Å². The summed E-state index contributed by atoms with van der Waals surface area (Å²) < 4.78 is 0. The summed E-state index contributed by atoms with van der Waals surface area (Å²) in [4.78, 5) is 11.3. The molecular weight excluding hydrogens is 226 g/mol. The monoisotopic (exact) mass is 239 g/mol. The molecule has 0 atom stereocenters. The fraction of sp³-hybridized carbons (Fsp3) is 0.250. The van der Waals surface area contributed by atoms with E-state index in [1.807, 2.05) is 6.07 Å². The lowest BCUT2D eigenvalue weighted by molar-refractivity contribution is -0.120. The third-order valence-electron chi connectivity index (χ3n) is 2.09. The van der Waals surface area contributed by atoms with Crippen LogP contribution in [0.4, 0.5) is 0 Å². The maximum atomic E-state index is 11.3. The van der Waals surface area contributed by atoms with Crippen LogP contribution in [0.25, 0.3) is 0 Å². The number of hydrogen-bond acceptors (Lipinski definition) is 2. The van der Waals surface area contributed by atoms with Crippen molar-refractivity contribution in [3.8, 4) is 5.75 Å². The third kappa shape index (κ3) is 4.36. The van der Waals surface area contributed by atoms with Crippen LogP contribution in [0.5, 0.6) is 5.75 Å². The Morgan fingerprint density at radius 2 is 2.12 bits per heavy atom. The molecule has 3 nitrogen and oxygen atoms in total. The normalized spacial score (nSPS) is 9.81. The molecule has 0 spiro atoms. The Morgan fingerprint density at radius 1 is 1.44 bits per heavy atom. The highest BCUT2D eigenvalue weighted by Gasteiger charge is 2.04. The van der Waals surface area contributed by atoms with Gasteiger partial charge in [-0.15, -0.1) is 0 Å². The number of carbonyl (C=O) groups excluding carboxylic acids is 1. The molecule has 0 saturated heterocycles. The van der Waals surface area contributed by atoms with Crippen LogP contribution in [0.1, 0.15) is 12.0 Å². The van der Waals surface area contributed by atoms with Crippen molar-refractivity contribution in [2.24, 2.45) is 0 Å². The van der Waals surface area contributed by atoms with E-state index in [9.17, 15) is 9.90 Å². The van der Waals surface area contributed by atoms with Crippen LogP contribution in [0.15, 0.2) is 35.9 Å². The van der Waals surface area contributed by atoms with Gasteiger partial charge in [-0.05, 0) is 18.1 Å². The predicted octanol–water partition coefficient (Wildman–Crippen LogP) is 2.19. The molecule has 1 rings (SSSR count). The van der Waals surface area contributed by atoms with E-state index in [0.717, 1.165) is 5.56 Å². The molecule has 16 heavy (non-hydrogen) atoms. The molecule has 0 aliphatic heterocycles. The summed E-state index contributed by atoms with van der Waals surface area (Å²) in [6, 6.07) is 6.97. The van der Waals surface area contributed by atoms with Gasteiger partial charge in [0.1, 0.15) is 5.75 Å². The van der Waals surface area contributed by atoms with Crippen LogP contribution in [-0.2, 0) is 11.2 Å². The molecule has 1 aromatic rings. The number of aryl methyl sites for hydroxylation is 1.